The summed E-state index contributed by atoms with van der Waals surface area (Å²) in [6, 6.07) is 1.24. The molecule has 11 nitrogen and oxygen atoms in total. The number of nitrogens with zero attached hydrogens (tertiary/aromatic N) is 2. The van der Waals surface area contributed by atoms with Crippen LogP contribution < -0.4 is 11.4 Å². The molecule has 2 rings (SSSR count). The quantitative estimate of drug-likeness (QED) is 0.441. The lowest BCUT2D eigenvalue weighted by atomic mass is 10.2. The number of rotatable bonds is 5. The second-order valence-electron chi connectivity index (χ2n) is 4.55. The maximum absolute atomic E-state index is 11.9. The second kappa shape index (κ2) is 6.05. The normalized spacial score (nSPS) is 31.1. The van der Waals surface area contributed by atoms with Gasteiger partial charge >= 0.3 is 13.3 Å². The van der Waals surface area contributed by atoms with E-state index in [1.807, 2.05) is 0 Å². The van der Waals surface area contributed by atoms with E-state index < -0.39 is 37.8 Å². The third-order valence-electron chi connectivity index (χ3n) is 3.08. The van der Waals surface area contributed by atoms with Crippen molar-refractivity contribution in [2.75, 3.05) is 25.8 Å². The van der Waals surface area contributed by atoms with Gasteiger partial charge in [-0.2, -0.15) is 4.98 Å². The Labute approximate surface area is 124 Å². The summed E-state index contributed by atoms with van der Waals surface area (Å²) < 4.78 is 26.9. The van der Waals surface area contributed by atoms with Gasteiger partial charge in [0.25, 0.3) is 5.91 Å². The number of aliphatic hydroxyl groups is 2. The summed E-state index contributed by atoms with van der Waals surface area (Å²) in [5, 5.41) is 19.7. The van der Waals surface area contributed by atoms with E-state index in [1.165, 1.54) is 6.07 Å². The van der Waals surface area contributed by atoms with Gasteiger partial charge in [-0.15, -0.1) is 0 Å². The summed E-state index contributed by atoms with van der Waals surface area (Å²) in [6.45, 7) is -0.360. The number of nitrogen functional groups attached to an aromatic ring is 1. The van der Waals surface area contributed by atoms with E-state index in [4.69, 9.17) is 15.2 Å². The number of aliphatic hydroxyl groups excluding tert-OH is 2. The van der Waals surface area contributed by atoms with Gasteiger partial charge in [0, 0.05) is 13.3 Å². The van der Waals surface area contributed by atoms with E-state index in [0.717, 1.165) is 17.9 Å². The Morgan fingerprint density at radius 3 is 2.82 bits per heavy atom. The summed E-state index contributed by atoms with van der Waals surface area (Å²) in [4.78, 5) is 24.8. The summed E-state index contributed by atoms with van der Waals surface area (Å²) >= 11 is 0. The summed E-state index contributed by atoms with van der Waals surface area (Å²) in [6.07, 6.45) is -2.83. The van der Waals surface area contributed by atoms with Crippen molar-refractivity contribution in [3.8, 4) is 0 Å². The topological polar surface area (TPSA) is 166 Å². The Morgan fingerprint density at radius 1 is 1.64 bits per heavy atom. The standard InChI is InChI=1S/C10H16N3O8P/c1-19-22(17,18)5-21-10(8(15)6(14)4-20-10)13-3-2-7(11)12-9(13)16/h2-3,6,8,14-15H,4-5H2,1H3,(H,17,18)(H2,11,12,16)/t6-,8-,10+/m1/s1. The third kappa shape index (κ3) is 3.06. The van der Waals surface area contributed by atoms with Crippen LogP contribution >= 0.6 is 7.60 Å². The van der Waals surface area contributed by atoms with Gasteiger partial charge in [0.2, 0.25) is 0 Å². The van der Waals surface area contributed by atoms with E-state index in [2.05, 4.69) is 9.51 Å². The molecule has 0 aliphatic carbocycles. The highest BCUT2D eigenvalue weighted by molar-refractivity contribution is 7.52. The van der Waals surface area contributed by atoms with Crippen molar-refractivity contribution in [2.45, 2.75) is 18.1 Å². The fraction of sp³-hybridized carbons (Fsp3) is 0.600. The smallest absolute Gasteiger partial charge is 0.353 e. The van der Waals surface area contributed by atoms with Gasteiger partial charge in [0.15, 0.2) is 12.5 Å². The van der Waals surface area contributed by atoms with E-state index in [1.54, 1.807) is 0 Å². The zero-order valence-corrected chi connectivity index (χ0v) is 12.4. The number of aromatic nitrogens is 2. The lowest BCUT2D eigenvalue weighted by molar-refractivity contribution is -0.300. The van der Waals surface area contributed by atoms with Crippen molar-refractivity contribution in [3.63, 3.8) is 0 Å². The molecule has 0 spiro atoms. The maximum atomic E-state index is 11.9. The van der Waals surface area contributed by atoms with Crippen molar-refractivity contribution in [1.82, 2.24) is 9.55 Å². The molecule has 0 amide bonds. The van der Waals surface area contributed by atoms with Crippen molar-refractivity contribution >= 4 is 13.4 Å². The molecule has 1 fully saturated rings. The Hall–Kier alpha value is -1.33. The monoisotopic (exact) mass is 337 g/mol. The third-order valence-corrected chi connectivity index (χ3v) is 4.11. The van der Waals surface area contributed by atoms with Crippen molar-refractivity contribution in [1.29, 1.82) is 0 Å². The molecule has 4 atom stereocenters. The van der Waals surface area contributed by atoms with E-state index in [0.29, 0.717) is 0 Å². The van der Waals surface area contributed by atoms with E-state index in [-0.39, 0.29) is 12.4 Å². The first-order valence-electron chi connectivity index (χ1n) is 6.09. The minimum Gasteiger partial charge on any atom is -0.388 e. The minimum atomic E-state index is -4.12. The zero-order valence-electron chi connectivity index (χ0n) is 11.5. The number of anilines is 1. The molecule has 1 aliphatic rings. The van der Waals surface area contributed by atoms with Crippen LogP contribution in [0.3, 0.4) is 0 Å². The van der Waals surface area contributed by atoms with E-state index in [9.17, 15) is 24.5 Å². The SMILES string of the molecule is COP(=O)(O)CO[C@@]1(n2ccc(N)nc2=O)OC[C@@H](O)[C@H]1O. The first-order valence-corrected chi connectivity index (χ1v) is 7.85. The molecule has 1 unspecified atom stereocenters. The molecule has 22 heavy (non-hydrogen) atoms. The Morgan fingerprint density at radius 2 is 2.32 bits per heavy atom. The molecule has 0 aromatic carbocycles. The molecule has 0 saturated carbocycles. The molecule has 1 aromatic rings. The summed E-state index contributed by atoms with van der Waals surface area (Å²) in [5.41, 5.74) is 4.44. The van der Waals surface area contributed by atoms with Crippen LogP contribution in [0.15, 0.2) is 17.1 Å². The molecule has 1 saturated heterocycles. The van der Waals surface area contributed by atoms with Crippen LogP contribution in [0.4, 0.5) is 5.82 Å². The highest BCUT2D eigenvalue weighted by atomic mass is 31.2. The Kier molecular flexibility index (Phi) is 4.68. The highest BCUT2D eigenvalue weighted by Crippen LogP contribution is 2.44. The molecule has 124 valence electrons. The number of ether oxygens (including phenoxy) is 2. The number of hydrogen-bond acceptors (Lipinski definition) is 9. The highest BCUT2D eigenvalue weighted by Gasteiger charge is 2.54. The molecule has 1 aromatic heterocycles. The molecule has 2 heterocycles. The van der Waals surface area contributed by atoms with Crippen molar-refractivity contribution in [3.05, 3.63) is 22.7 Å². The predicted molar refractivity (Wildman–Crippen MR) is 71.6 cm³/mol. The number of hydrogen-bond donors (Lipinski definition) is 4. The van der Waals surface area contributed by atoms with Gasteiger partial charge in [0.1, 0.15) is 11.9 Å². The molecule has 1 aliphatic heterocycles. The number of nitrogens with two attached hydrogens (primary N) is 1. The average Bonchev–Trinajstić information content (AvgIpc) is 2.75. The zero-order chi connectivity index (χ0) is 16.5. The molecule has 12 heteroatoms. The largest absolute Gasteiger partial charge is 0.388 e. The van der Waals surface area contributed by atoms with Crippen molar-refractivity contribution < 1.29 is 33.7 Å². The first-order chi connectivity index (χ1) is 10.2. The van der Waals surface area contributed by atoms with Gasteiger partial charge in [-0.3, -0.25) is 4.57 Å². The van der Waals surface area contributed by atoms with Crippen LogP contribution in [0.25, 0.3) is 0 Å². The van der Waals surface area contributed by atoms with Gasteiger partial charge < -0.3 is 34.8 Å². The fourth-order valence-electron chi connectivity index (χ4n) is 1.91. The van der Waals surface area contributed by atoms with E-state index >= 15 is 0 Å². The van der Waals surface area contributed by atoms with Gasteiger partial charge in [-0.1, -0.05) is 0 Å². The van der Waals surface area contributed by atoms with Crippen LogP contribution in [-0.2, 0) is 24.5 Å². The summed E-state index contributed by atoms with van der Waals surface area (Å²) in [5.74, 6) is -2.29. The lowest BCUT2D eigenvalue weighted by Crippen LogP contribution is -2.52. The Bertz CT molecular complexity index is 651. The molecular weight excluding hydrogens is 321 g/mol. The molecule has 0 bridgehead atoms. The van der Waals surface area contributed by atoms with Crippen LogP contribution in [0.5, 0.6) is 0 Å². The molecule has 0 radical (unpaired) electrons. The van der Waals surface area contributed by atoms with Gasteiger partial charge in [-0.05, 0) is 6.07 Å². The predicted octanol–water partition coefficient (Wildman–Crippen LogP) is -2.01. The lowest BCUT2D eigenvalue weighted by Gasteiger charge is -2.33. The van der Waals surface area contributed by atoms with Crippen LogP contribution in [0, 0.1) is 0 Å². The average molecular weight is 337 g/mol. The Balaban J connectivity index is 2.43. The molecular formula is C10H16N3O8P. The first kappa shape index (κ1) is 17.0. The van der Waals surface area contributed by atoms with Crippen LogP contribution in [0.1, 0.15) is 0 Å². The van der Waals surface area contributed by atoms with Crippen molar-refractivity contribution in [2.24, 2.45) is 0 Å². The summed E-state index contributed by atoms with van der Waals surface area (Å²) in [7, 11) is -3.12. The second-order valence-corrected chi connectivity index (χ2v) is 6.45. The minimum absolute atomic E-state index is 0.0749. The van der Waals surface area contributed by atoms with Gasteiger partial charge in [-0.25, -0.2) is 9.36 Å². The van der Waals surface area contributed by atoms with Crippen LogP contribution in [-0.4, -0.2) is 56.9 Å². The van der Waals surface area contributed by atoms with Gasteiger partial charge in [0.05, 0.1) is 6.61 Å². The molecule has 5 N–H and O–H groups in total. The fourth-order valence-corrected chi connectivity index (χ4v) is 2.37. The van der Waals surface area contributed by atoms with Crippen LogP contribution in [0.2, 0.25) is 0 Å². The maximum Gasteiger partial charge on any atom is 0.353 e.